The number of piperidine rings is 1. The molecule has 10 heteroatoms. The van der Waals surface area contributed by atoms with Gasteiger partial charge in [-0.2, -0.15) is 4.31 Å². The molecule has 5 rings (SSSR count). The van der Waals surface area contributed by atoms with Crippen molar-refractivity contribution in [2.45, 2.75) is 36.5 Å². The fourth-order valence-electron chi connectivity index (χ4n) is 3.94. The lowest BCUT2D eigenvalue weighted by Crippen LogP contribution is -2.41. The molecule has 0 atom stereocenters. The summed E-state index contributed by atoms with van der Waals surface area (Å²) in [6.07, 6.45) is 2.72. The number of carbonyl (C=O) groups excluding carboxylic acids is 1. The highest BCUT2D eigenvalue weighted by atomic mass is 32.2. The van der Waals surface area contributed by atoms with Gasteiger partial charge in [-0.15, -0.1) is 0 Å². The molecule has 32 heavy (non-hydrogen) atoms. The predicted octanol–water partition coefficient (Wildman–Crippen LogP) is 4.02. The number of nitrogens with one attached hydrogen (secondary N) is 1. The van der Waals surface area contributed by atoms with E-state index in [4.69, 9.17) is 4.42 Å². The molecule has 7 nitrogen and oxygen atoms in total. The molecule has 2 heterocycles. The van der Waals surface area contributed by atoms with Crippen LogP contribution in [0.25, 0.3) is 11.1 Å². The number of hydrogen-bond acceptors (Lipinski definition) is 5. The zero-order chi connectivity index (χ0) is 22.5. The molecule has 2 aromatic carbocycles. The van der Waals surface area contributed by atoms with Crippen molar-refractivity contribution < 1.29 is 26.4 Å². The maximum atomic E-state index is 14.0. The Morgan fingerprint density at radius 2 is 1.81 bits per heavy atom. The average molecular weight is 461 g/mol. The summed E-state index contributed by atoms with van der Waals surface area (Å²) in [6.45, 7) is 0.0902. The fraction of sp³-hybridized carbons (Fsp3) is 0.364. The summed E-state index contributed by atoms with van der Waals surface area (Å²) in [5.41, 5.74) is 1.95. The zero-order valence-corrected chi connectivity index (χ0v) is 17.9. The smallest absolute Gasteiger partial charge is 0.246 e. The van der Waals surface area contributed by atoms with Crippen LogP contribution in [0.5, 0.6) is 0 Å². The number of carbonyl (C=O) groups is 1. The molecular weight excluding hydrogens is 440 g/mol. The lowest BCUT2D eigenvalue weighted by atomic mass is 9.97. The second-order valence-electron chi connectivity index (χ2n) is 8.25. The highest BCUT2D eigenvalue weighted by Crippen LogP contribution is 2.40. The molecule has 168 valence electrons. The Morgan fingerprint density at radius 3 is 2.53 bits per heavy atom. The van der Waals surface area contributed by atoms with Gasteiger partial charge in [0.1, 0.15) is 22.0 Å². The van der Waals surface area contributed by atoms with Crippen molar-refractivity contribution in [3.05, 3.63) is 53.9 Å². The van der Waals surface area contributed by atoms with E-state index in [1.807, 2.05) is 0 Å². The van der Waals surface area contributed by atoms with Gasteiger partial charge in [0, 0.05) is 30.6 Å². The van der Waals surface area contributed by atoms with E-state index in [0.717, 1.165) is 35.2 Å². The van der Waals surface area contributed by atoms with Gasteiger partial charge in [0.15, 0.2) is 11.5 Å². The van der Waals surface area contributed by atoms with E-state index >= 15 is 0 Å². The second kappa shape index (κ2) is 7.93. The molecule has 1 aliphatic heterocycles. The summed E-state index contributed by atoms with van der Waals surface area (Å²) in [7, 11) is -4.18. The van der Waals surface area contributed by atoms with Gasteiger partial charge in [0.2, 0.25) is 15.9 Å². The molecule has 1 aliphatic carbocycles. The van der Waals surface area contributed by atoms with Crippen LogP contribution in [0, 0.1) is 17.6 Å². The third kappa shape index (κ3) is 4.00. The number of aromatic nitrogens is 1. The Bertz CT molecular complexity index is 1300. The maximum absolute atomic E-state index is 14.0. The Labute approximate surface area is 183 Å². The van der Waals surface area contributed by atoms with Crippen LogP contribution in [0.1, 0.15) is 37.5 Å². The first-order valence-corrected chi connectivity index (χ1v) is 11.9. The van der Waals surface area contributed by atoms with E-state index in [2.05, 4.69) is 10.3 Å². The molecule has 3 aromatic rings. The number of benzene rings is 2. The van der Waals surface area contributed by atoms with Crippen molar-refractivity contribution in [1.29, 1.82) is 0 Å². The first-order valence-electron chi connectivity index (χ1n) is 10.5. The van der Waals surface area contributed by atoms with Gasteiger partial charge >= 0.3 is 0 Å². The van der Waals surface area contributed by atoms with Crippen LogP contribution in [-0.2, 0) is 14.8 Å². The van der Waals surface area contributed by atoms with Crippen LogP contribution in [0.4, 0.5) is 14.5 Å². The van der Waals surface area contributed by atoms with Crippen LogP contribution in [0.3, 0.4) is 0 Å². The average Bonchev–Trinajstić information content (AvgIpc) is 3.54. The fourth-order valence-corrected chi connectivity index (χ4v) is 5.49. The van der Waals surface area contributed by atoms with Crippen molar-refractivity contribution in [3.63, 3.8) is 0 Å². The molecular formula is C22H21F2N3O4S. The van der Waals surface area contributed by atoms with E-state index in [1.54, 1.807) is 18.2 Å². The number of anilines is 1. The summed E-state index contributed by atoms with van der Waals surface area (Å²) in [5.74, 6) is -1.32. The minimum atomic E-state index is -4.18. The number of sulfonamides is 1. The SMILES string of the molecule is O=C(Nc1ccc2oc(C3CC3)nc2c1)C1CCN(S(=O)(=O)c2cc(F)ccc2F)CC1. The predicted molar refractivity (Wildman–Crippen MR) is 112 cm³/mol. The van der Waals surface area contributed by atoms with Gasteiger partial charge in [-0.05, 0) is 62.1 Å². The molecule has 1 N–H and O–H groups in total. The Hall–Kier alpha value is -2.85. The van der Waals surface area contributed by atoms with Gasteiger partial charge in [0.25, 0.3) is 0 Å². The monoisotopic (exact) mass is 461 g/mol. The van der Waals surface area contributed by atoms with E-state index in [9.17, 15) is 22.0 Å². The van der Waals surface area contributed by atoms with Gasteiger partial charge in [-0.3, -0.25) is 4.79 Å². The summed E-state index contributed by atoms with van der Waals surface area (Å²) in [5, 5.41) is 2.86. The van der Waals surface area contributed by atoms with E-state index in [-0.39, 0.29) is 31.8 Å². The highest BCUT2D eigenvalue weighted by molar-refractivity contribution is 7.89. The molecule has 0 unspecified atom stereocenters. The minimum Gasteiger partial charge on any atom is -0.440 e. The largest absolute Gasteiger partial charge is 0.440 e. The number of fused-ring (bicyclic) bond motifs is 1. The molecule has 0 spiro atoms. The molecule has 2 aliphatic rings. The van der Waals surface area contributed by atoms with Gasteiger partial charge in [-0.1, -0.05) is 0 Å². The molecule has 1 amide bonds. The standard InChI is InChI=1S/C22H21F2N3O4S/c23-15-3-5-17(24)20(11-15)32(29,30)27-9-7-13(8-10-27)21(28)25-16-4-6-19-18(12-16)26-22(31-19)14-1-2-14/h3-6,11-14H,1-2,7-10H2,(H,25,28). The summed E-state index contributed by atoms with van der Waals surface area (Å²) in [4.78, 5) is 16.5. The van der Waals surface area contributed by atoms with Crippen LogP contribution >= 0.6 is 0 Å². The van der Waals surface area contributed by atoms with E-state index < -0.39 is 32.5 Å². The van der Waals surface area contributed by atoms with Gasteiger partial charge in [0.05, 0.1) is 0 Å². The molecule has 1 saturated carbocycles. The topological polar surface area (TPSA) is 92.5 Å². The Morgan fingerprint density at radius 1 is 1.06 bits per heavy atom. The summed E-state index contributed by atoms with van der Waals surface area (Å²) < 4.78 is 59.7. The van der Waals surface area contributed by atoms with Crippen LogP contribution < -0.4 is 5.32 Å². The number of halogens is 2. The third-order valence-electron chi connectivity index (χ3n) is 5.93. The first-order chi connectivity index (χ1) is 15.3. The summed E-state index contributed by atoms with van der Waals surface area (Å²) in [6, 6.07) is 7.61. The van der Waals surface area contributed by atoms with Crippen molar-refractivity contribution in [2.75, 3.05) is 18.4 Å². The number of hydrogen-bond donors (Lipinski definition) is 1. The lowest BCUT2D eigenvalue weighted by Gasteiger charge is -2.30. The molecule has 2 fully saturated rings. The molecule has 1 saturated heterocycles. The Balaban J connectivity index is 1.23. The molecule has 0 bridgehead atoms. The first kappa shape index (κ1) is 21.0. The quantitative estimate of drug-likeness (QED) is 0.620. The van der Waals surface area contributed by atoms with E-state index in [0.29, 0.717) is 28.8 Å². The summed E-state index contributed by atoms with van der Waals surface area (Å²) >= 11 is 0. The maximum Gasteiger partial charge on any atom is 0.246 e. The van der Waals surface area contributed by atoms with Crippen molar-refractivity contribution in [1.82, 2.24) is 9.29 Å². The van der Waals surface area contributed by atoms with Gasteiger partial charge < -0.3 is 9.73 Å². The van der Waals surface area contributed by atoms with Crippen LogP contribution in [0.15, 0.2) is 45.7 Å². The molecule has 1 aromatic heterocycles. The third-order valence-corrected chi connectivity index (χ3v) is 7.85. The number of amides is 1. The van der Waals surface area contributed by atoms with Crippen LogP contribution in [0.2, 0.25) is 0 Å². The number of oxazole rings is 1. The van der Waals surface area contributed by atoms with Crippen molar-refractivity contribution in [3.8, 4) is 0 Å². The Kier molecular flexibility index (Phi) is 5.21. The zero-order valence-electron chi connectivity index (χ0n) is 17.1. The van der Waals surface area contributed by atoms with Crippen LogP contribution in [-0.4, -0.2) is 36.7 Å². The molecule has 0 radical (unpaired) electrons. The minimum absolute atomic E-state index is 0.0451. The van der Waals surface area contributed by atoms with Gasteiger partial charge in [-0.25, -0.2) is 22.2 Å². The number of rotatable bonds is 5. The van der Waals surface area contributed by atoms with Crippen molar-refractivity contribution in [2.24, 2.45) is 5.92 Å². The lowest BCUT2D eigenvalue weighted by molar-refractivity contribution is -0.120. The van der Waals surface area contributed by atoms with Crippen molar-refractivity contribution >= 4 is 32.7 Å². The second-order valence-corrected chi connectivity index (χ2v) is 10.2. The normalized spacial score (nSPS) is 18.2. The number of nitrogens with zero attached hydrogens (tertiary/aromatic N) is 2. The highest BCUT2D eigenvalue weighted by Gasteiger charge is 2.34. The van der Waals surface area contributed by atoms with E-state index in [1.165, 1.54) is 0 Å².